The van der Waals surface area contributed by atoms with E-state index in [4.69, 9.17) is 5.73 Å². The van der Waals surface area contributed by atoms with Crippen LogP contribution < -0.4 is 21.7 Å². The molecule has 0 bridgehead atoms. The van der Waals surface area contributed by atoms with Crippen LogP contribution in [0.3, 0.4) is 0 Å². The second-order valence-corrected chi connectivity index (χ2v) is 10.5. The lowest BCUT2D eigenvalue weighted by molar-refractivity contribution is -0.142. The average molecular weight is 593 g/mol. The molecule has 3 heterocycles. The highest BCUT2D eigenvalue weighted by atomic mass is 16.4. The summed E-state index contributed by atoms with van der Waals surface area (Å²) >= 11 is 0. The Labute approximate surface area is 247 Å². The summed E-state index contributed by atoms with van der Waals surface area (Å²) < 4.78 is 1.04. The number of pyridine rings is 1. The highest BCUT2D eigenvalue weighted by Crippen LogP contribution is 2.22. The summed E-state index contributed by atoms with van der Waals surface area (Å²) in [5.74, 6) is -4.56. The number of carbonyl (C=O) groups is 5. The summed E-state index contributed by atoms with van der Waals surface area (Å²) in [6.07, 6.45) is 4.12. The van der Waals surface area contributed by atoms with Crippen molar-refractivity contribution < 1.29 is 34.2 Å². The number of rotatable bonds is 14. The first kappa shape index (κ1) is 31.3. The molecule has 13 heteroatoms. The number of aromatic carboxylic acids is 1. The van der Waals surface area contributed by atoms with Crippen molar-refractivity contribution in [3.05, 3.63) is 65.6 Å². The minimum atomic E-state index is -1.46. The minimum Gasteiger partial charge on any atom is -0.480 e. The topological polar surface area (TPSA) is 206 Å². The van der Waals surface area contributed by atoms with Crippen LogP contribution in [-0.4, -0.2) is 74.6 Å². The Kier molecular flexibility index (Phi) is 10.6. The Hall–Kier alpha value is -4.62. The number of hydrogen-bond acceptors (Lipinski definition) is 8. The maximum atomic E-state index is 13.2. The zero-order valence-corrected chi connectivity index (χ0v) is 23.6. The quantitative estimate of drug-likeness (QED) is 0.150. The van der Waals surface area contributed by atoms with E-state index in [9.17, 15) is 34.2 Å². The first-order valence-corrected chi connectivity index (χ1v) is 14.3. The number of amides is 2. The third-order valence-corrected chi connectivity index (χ3v) is 7.48. The van der Waals surface area contributed by atoms with Gasteiger partial charge in [0.25, 0.3) is 5.91 Å². The highest BCUT2D eigenvalue weighted by Gasteiger charge is 2.28. The van der Waals surface area contributed by atoms with Gasteiger partial charge in [-0.15, -0.1) is 0 Å². The first-order valence-electron chi connectivity index (χ1n) is 14.3. The van der Waals surface area contributed by atoms with Gasteiger partial charge in [0.2, 0.25) is 11.8 Å². The van der Waals surface area contributed by atoms with Crippen molar-refractivity contribution in [2.75, 3.05) is 13.1 Å². The summed E-state index contributed by atoms with van der Waals surface area (Å²) in [7, 11) is 0. The molecular weight excluding hydrogens is 556 g/mol. The summed E-state index contributed by atoms with van der Waals surface area (Å²) in [5.41, 5.74) is 6.81. The molecule has 2 amide bonds. The third-order valence-electron chi connectivity index (χ3n) is 7.48. The molecule has 1 aromatic carbocycles. The summed E-state index contributed by atoms with van der Waals surface area (Å²) in [4.78, 5) is 67.5. The lowest BCUT2D eigenvalue weighted by Gasteiger charge is -2.22. The highest BCUT2D eigenvalue weighted by molar-refractivity contribution is 6.02. The number of fused-ring (bicyclic) bond motifs is 1. The van der Waals surface area contributed by atoms with Gasteiger partial charge in [0.15, 0.2) is 0 Å². The van der Waals surface area contributed by atoms with E-state index in [2.05, 4.69) is 20.9 Å². The molecule has 13 nitrogen and oxygen atoms in total. The molecule has 3 aromatic rings. The number of carboxylic acid groups (broad SMARTS) is 2. The van der Waals surface area contributed by atoms with Crippen molar-refractivity contribution in [3.63, 3.8) is 0 Å². The predicted octanol–water partition coefficient (Wildman–Crippen LogP) is 2.08. The monoisotopic (exact) mass is 592 g/mol. The number of hydrogen-bond donors (Lipinski definition) is 6. The third kappa shape index (κ3) is 7.81. The van der Waals surface area contributed by atoms with Crippen LogP contribution in [0.1, 0.15) is 82.3 Å². The number of nitrogens with zero attached hydrogens (tertiary/aromatic N) is 2. The molecule has 0 aliphatic carbocycles. The van der Waals surface area contributed by atoms with E-state index in [0.717, 1.165) is 29.6 Å². The molecule has 1 fully saturated rings. The van der Waals surface area contributed by atoms with Crippen LogP contribution in [0.5, 0.6) is 0 Å². The van der Waals surface area contributed by atoms with Gasteiger partial charge in [0, 0.05) is 24.0 Å². The molecule has 0 spiro atoms. The summed E-state index contributed by atoms with van der Waals surface area (Å²) in [6, 6.07) is 9.03. The fourth-order valence-electron chi connectivity index (χ4n) is 5.18. The van der Waals surface area contributed by atoms with E-state index >= 15 is 0 Å². The van der Waals surface area contributed by atoms with Crippen LogP contribution in [0.2, 0.25) is 0 Å². The molecular formula is C30H36N6O7. The van der Waals surface area contributed by atoms with Crippen LogP contribution in [0, 0.1) is 0 Å². The van der Waals surface area contributed by atoms with Gasteiger partial charge >= 0.3 is 11.9 Å². The number of para-hydroxylation sites is 1. The standard InChI is InChI=1S/C30H36N6O7/c31-14-4-3-7-22(34-27(38)19-10-11-21(33-17-19)20-8-5-15-32-20)28(39)35-23(29(40)41)12-13-26(37)36-24-9-2-1-6-18(24)16-25(36)30(42)43/h1-2,6,9-11,16-17,20,22-23,32H,3-5,7-8,12-15,31H2,(H,34,38)(H,35,39)(H,40,41)(H,42,43)/t20?,22-,23+/m0/s1. The van der Waals surface area contributed by atoms with Crippen LogP contribution in [0.4, 0.5) is 0 Å². The second kappa shape index (κ2) is 14.5. The van der Waals surface area contributed by atoms with E-state index < -0.39 is 41.7 Å². The van der Waals surface area contributed by atoms with E-state index in [1.807, 2.05) is 0 Å². The van der Waals surface area contributed by atoms with E-state index in [-0.39, 0.29) is 36.6 Å². The number of aliphatic carboxylic acids is 1. The predicted molar refractivity (Wildman–Crippen MR) is 157 cm³/mol. The van der Waals surface area contributed by atoms with Crippen molar-refractivity contribution in [3.8, 4) is 0 Å². The van der Waals surface area contributed by atoms with Crippen molar-refractivity contribution >= 4 is 40.6 Å². The van der Waals surface area contributed by atoms with Gasteiger partial charge in [0.1, 0.15) is 17.8 Å². The molecule has 43 heavy (non-hydrogen) atoms. The average Bonchev–Trinajstić information content (AvgIpc) is 3.67. The number of aromatic nitrogens is 2. The van der Waals surface area contributed by atoms with Gasteiger partial charge in [-0.2, -0.15) is 0 Å². The molecule has 0 saturated carbocycles. The SMILES string of the molecule is NCCCC[C@H](NC(=O)c1ccc(C2CCCN2)nc1)C(=O)N[C@H](CCC(=O)n1c(C(=O)O)cc2ccccc21)C(=O)O. The van der Waals surface area contributed by atoms with E-state index in [1.165, 1.54) is 12.3 Å². The van der Waals surface area contributed by atoms with Crippen molar-refractivity contribution in [1.82, 2.24) is 25.5 Å². The molecule has 1 unspecified atom stereocenters. The number of unbranched alkanes of at least 4 members (excludes halogenated alkanes) is 1. The summed E-state index contributed by atoms with van der Waals surface area (Å²) in [6.45, 7) is 1.29. The molecule has 2 aromatic heterocycles. The Balaban J connectivity index is 1.43. The molecule has 1 aliphatic rings. The van der Waals surface area contributed by atoms with Gasteiger partial charge in [0.05, 0.1) is 16.8 Å². The van der Waals surface area contributed by atoms with Gasteiger partial charge < -0.3 is 31.9 Å². The van der Waals surface area contributed by atoms with E-state index in [1.54, 1.807) is 36.4 Å². The molecule has 4 rings (SSSR count). The van der Waals surface area contributed by atoms with Gasteiger partial charge in [-0.3, -0.25) is 23.9 Å². The Bertz CT molecular complexity index is 1480. The van der Waals surface area contributed by atoms with Crippen molar-refractivity contribution in [1.29, 1.82) is 0 Å². The molecule has 0 radical (unpaired) electrons. The smallest absolute Gasteiger partial charge is 0.352 e. The lowest BCUT2D eigenvalue weighted by atomic mass is 10.1. The molecule has 3 atom stereocenters. The molecule has 7 N–H and O–H groups in total. The maximum absolute atomic E-state index is 13.2. The van der Waals surface area contributed by atoms with Crippen LogP contribution in [0.15, 0.2) is 48.7 Å². The van der Waals surface area contributed by atoms with Crippen molar-refractivity contribution in [2.45, 2.75) is 63.1 Å². The Morgan fingerprint density at radius 1 is 1.02 bits per heavy atom. The number of carbonyl (C=O) groups excluding carboxylic acids is 3. The fourth-order valence-corrected chi connectivity index (χ4v) is 5.18. The van der Waals surface area contributed by atoms with Crippen LogP contribution >= 0.6 is 0 Å². The van der Waals surface area contributed by atoms with Crippen LogP contribution in [0.25, 0.3) is 10.9 Å². The largest absolute Gasteiger partial charge is 0.480 e. The minimum absolute atomic E-state index is 0.138. The first-order chi connectivity index (χ1) is 20.7. The zero-order valence-electron chi connectivity index (χ0n) is 23.6. The fraction of sp³-hybridized carbons (Fsp3) is 0.400. The lowest BCUT2D eigenvalue weighted by Crippen LogP contribution is -2.51. The molecule has 228 valence electrons. The van der Waals surface area contributed by atoms with Gasteiger partial charge in [-0.25, -0.2) is 9.59 Å². The van der Waals surface area contributed by atoms with Crippen LogP contribution in [-0.2, 0) is 9.59 Å². The van der Waals surface area contributed by atoms with Crippen molar-refractivity contribution in [2.24, 2.45) is 5.73 Å². The number of carboxylic acids is 2. The molecule has 1 saturated heterocycles. The maximum Gasteiger partial charge on any atom is 0.352 e. The number of nitrogens with one attached hydrogen (secondary N) is 3. The number of benzene rings is 1. The Morgan fingerprint density at radius 3 is 2.47 bits per heavy atom. The second-order valence-electron chi connectivity index (χ2n) is 10.5. The van der Waals surface area contributed by atoms with Gasteiger partial charge in [-0.1, -0.05) is 18.2 Å². The zero-order chi connectivity index (χ0) is 30.9. The Morgan fingerprint density at radius 2 is 1.81 bits per heavy atom. The molecule has 1 aliphatic heterocycles. The number of nitrogens with two attached hydrogens (primary N) is 1. The van der Waals surface area contributed by atoms with Gasteiger partial charge in [-0.05, 0) is 75.9 Å². The normalized spacial score (nSPS) is 16.0. The van der Waals surface area contributed by atoms with E-state index in [0.29, 0.717) is 30.3 Å². The summed E-state index contributed by atoms with van der Waals surface area (Å²) in [5, 5.41) is 28.4.